The minimum absolute atomic E-state index is 0.00472. The van der Waals surface area contributed by atoms with Crippen LogP contribution in [0.5, 0.6) is 0 Å². The summed E-state index contributed by atoms with van der Waals surface area (Å²) < 4.78 is 12.7. The van der Waals surface area contributed by atoms with Crippen molar-refractivity contribution in [3.8, 4) is 0 Å². The van der Waals surface area contributed by atoms with Crippen LogP contribution in [0.2, 0.25) is 0 Å². The highest BCUT2D eigenvalue weighted by atomic mass is 19.1. The molecule has 2 N–H and O–H groups in total. The van der Waals surface area contributed by atoms with Crippen LogP contribution in [-0.2, 0) is 6.61 Å². The van der Waals surface area contributed by atoms with Gasteiger partial charge in [0.15, 0.2) is 0 Å². The van der Waals surface area contributed by atoms with Crippen LogP contribution in [0.3, 0.4) is 0 Å². The van der Waals surface area contributed by atoms with Gasteiger partial charge in [-0.1, -0.05) is 0 Å². The van der Waals surface area contributed by atoms with Gasteiger partial charge in [0.2, 0.25) is 0 Å². The van der Waals surface area contributed by atoms with Gasteiger partial charge in [0.25, 0.3) is 0 Å². The monoisotopic (exact) mass is 170 g/mol. The molecule has 0 fully saturated rings. The summed E-state index contributed by atoms with van der Waals surface area (Å²) in [6, 6.07) is 3.28. The summed E-state index contributed by atoms with van der Waals surface area (Å²) in [5, 5.41) is 17.1. The van der Waals surface area contributed by atoms with E-state index in [1.165, 1.54) is 0 Å². The van der Waals surface area contributed by atoms with Gasteiger partial charge in [-0.3, -0.25) is 0 Å². The molecule has 12 heavy (non-hydrogen) atoms. The van der Waals surface area contributed by atoms with E-state index in [1.54, 1.807) is 0 Å². The van der Waals surface area contributed by atoms with Crippen LogP contribution in [-0.4, -0.2) is 16.2 Å². The van der Waals surface area contributed by atoms with Crippen LogP contribution in [0.25, 0.3) is 0 Å². The molecular weight excluding hydrogens is 163 g/mol. The molecular formula is C8H7FO3. The van der Waals surface area contributed by atoms with Gasteiger partial charge >= 0.3 is 5.97 Å². The molecule has 1 aromatic rings. The summed E-state index contributed by atoms with van der Waals surface area (Å²) in [6.07, 6.45) is 0. The molecule has 4 heteroatoms. The molecule has 0 bridgehead atoms. The van der Waals surface area contributed by atoms with Crippen molar-refractivity contribution in [2.45, 2.75) is 6.61 Å². The minimum atomic E-state index is -1.13. The summed E-state index contributed by atoms with van der Waals surface area (Å²) in [5.41, 5.74) is -0.0321. The van der Waals surface area contributed by atoms with Crippen molar-refractivity contribution < 1.29 is 19.4 Å². The molecule has 0 aliphatic rings. The molecule has 0 spiro atoms. The predicted molar refractivity (Wildman–Crippen MR) is 39.3 cm³/mol. The third kappa shape index (κ3) is 1.60. The van der Waals surface area contributed by atoms with E-state index < -0.39 is 18.4 Å². The van der Waals surface area contributed by atoms with Gasteiger partial charge in [0.1, 0.15) is 5.82 Å². The molecule has 64 valence electrons. The summed E-state index contributed by atoms with van der Waals surface area (Å²) in [7, 11) is 0. The van der Waals surface area contributed by atoms with E-state index in [4.69, 9.17) is 10.2 Å². The largest absolute Gasteiger partial charge is 0.478 e. The van der Waals surface area contributed by atoms with Crippen molar-refractivity contribution in [3.05, 3.63) is 35.1 Å². The fourth-order valence-electron chi connectivity index (χ4n) is 0.829. The first-order valence-electron chi connectivity index (χ1n) is 3.27. The van der Waals surface area contributed by atoms with Gasteiger partial charge < -0.3 is 10.2 Å². The van der Waals surface area contributed by atoms with E-state index in [2.05, 4.69) is 0 Å². The number of aromatic carboxylic acids is 1. The molecule has 0 amide bonds. The number of carboxylic acids is 1. The molecule has 0 aliphatic carbocycles. The third-order valence-electron chi connectivity index (χ3n) is 1.46. The molecule has 3 nitrogen and oxygen atoms in total. The van der Waals surface area contributed by atoms with Crippen molar-refractivity contribution in [1.29, 1.82) is 0 Å². The molecule has 0 aromatic heterocycles. The lowest BCUT2D eigenvalue weighted by Crippen LogP contribution is -1.99. The second-order valence-electron chi connectivity index (χ2n) is 2.27. The zero-order chi connectivity index (χ0) is 9.14. The Morgan fingerprint density at radius 3 is 2.67 bits per heavy atom. The van der Waals surface area contributed by atoms with Crippen LogP contribution < -0.4 is 0 Å². The quantitative estimate of drug-likeness (QED) is 0.696. The van der Waals surface area contributed by atoms with Gasteiger partial charge in [0, 0.05) is 5.56 Å². The predicted octanol–water partition coefficient (Wildman–Crippen LogP) is 1.02. The molecule has 0 aliphatic heterocycles. The Morgan fingerprint density at radius 2 is 2.17 bits per heavy atom. The average molecular weight is 170 g/mol. The van der Waals surface area contributed by atoms with Crippen LogP contribution >= 0.6 is 0 Å². The molecule has 0 radical (unpaired) electrons. The Labute approximate surface area is 68.1 Å². The summed E-state index contributed by atoms with van der Waals surface area (Å²) in [6.45, 7) is -0.493. The highest BCUT2D eigenvalue weighted by Crippen LogP contribution is 2.10. The highest BCUT2D eigenvalue weighted by molar-refractivity contribution is 5.87. The molecule has 0 saturated carbocycles. The van der Waals surface area contributed by atoms with Crippen LogP contribution in [0.4, 0.5) is 4.39 Å². The molecule has 0 saturated heterocycles. The zero-order valence-electron chi connectivity index (χ0n) is 6.12. The molecule has 0 atom stereocenters. The van der Waals surface area contributed by atoms with Crippen molar-refractivity contribution >= 4 is 5.97 Å². The Morgan fingerprint density at radius 1 is 1.50 bits per heavy atom. The maximum absolute atomic E-state index is 12.7. The van der Waals surface area contributed by atoms with Gasteiger partial charge in [-0.05, 0) is 18.2 Å². The Balaban J connectivity index is 3.13. The van der Waals surface area contributed by atoms with E-state index in [-0.39, 0.29) is 11.1 Å². The van der Waals surface area contributed by atoms with Crippen molar-refractivity contribution in [3.63, 3.8) is 0 Å². The van der Waals surface area contributed by atoms with Gasteiger partial charge in [-0.25, -0.2) is 9.18 Å². The summed E-state index contributed by atoms with van der Waals surface area (Å²) in [5.74, 6) is -1.73. The first kappa shape index (κ1) is 8.67. The standard InChI is InChI=1S/C8H7FO3/c9-7-2-1-5(8(11)12)3-6(7)4-10/h1-3,10H,4H2,(H,11,12). The van der Waals surface area contributed by atoms with Gasteiger partial charge in [-0.2, -0.15) is 0 Å². The highest BCUT2D eigenvalue weighted by Gasteiger charge is 2.06. The fourth-order valence-corrected chi connectivity index (χ4v) is 0.829. The third-order valence-corrected chi connectivity index (χ3v) is 1.46. The number of benzene rings is 1. The first-order valence-corrected chi connectivity index (χ1v) is 3.27. The topological polar surface area (TPSA) is 57.5 Å². The minimum Gasteiger partial charge on any atom is -0.478 e. The second kappa shape index (κ2) is 3.32. The number of aliphatic hydroxyl groups excluding tert-OH is 1. The molecule has 0 heterocycles. The number of carboxylic acid groups (broad SMARTS) is 1. The summed E-state index contributed by atoms with van der Waals surface area (Å²) in [4.78, 5) is 10.4. The Bertz CT molecular complexity index is 309. The summed E-state index contributed by atoms with van der Waals surface area (Å²) >= 11 is 0. The lowest BCUT2D eigenvalue weighted by Gasteiger charge is -1.99. The lowest BCUT2D eigenvalue weighted by molar-refractivity contribution is 0.0696. The van der Waals surface area contributed by atoms with Gasteiger partial charge in [-0.15, -0.1) is 0 Å². The smallest absolute Gasteiger partial charge is 0.335 e. The van der Waals surface area contributed by atoms with Crippen molar-refractivity contribution in [2.24, 2.45) is 0 Å². The van der Waals surface area contributed by atoms with E-state index >= 15 is 0 Å². The number of carbonyl (C=O) groups is 1. The van der Waals surface area contributed by atoms with Gasteiger partial charge in [0.05, 0.1) is 12.2 Å². The second-order valence-corrected chi connectivity index (χ2v) is 2.27. The SMILES string of the molecule is O=C(O)c1ccc(F)c(CO)c1. The van der Waals surface area contributed by atoms with E-state index in [1.807, 2.05) is 0 Å². The normalized spacial score (nSPS) is 9.83. The van der Waals surface area contributed by atoms with Crippen LogP contribution in [0.1, 0.15) is 15.9 Å². The van der Waals surface area contributed by atoms with E-state index in [0.717, 1.165) is 18.2 Å². The number of hydrogen-bond acceptors (Lipinski definition) is 2. The zero-order valence-corrected chi connectivity index (χ0v) is 6.12. The fraction of sp³-hybridized carbons (Fsp3) is 0.125. The van der Waals surface area contributed by atoms with Crippen LogP contribution in [0, 0.1) is 5.82 Å². The average Bonchev–Trinajstić information content (AvgIpc) is 2.05. The number of hydrogen-bond donors (Lipinski definition) is 2. The number of aliphatic hydroxyl groups is 1. The van der Waals surface area contributed by atoms with Crippen LogP contribution in [0.15, 0.2) is 18.2 Å². The van der Waals surface area contributed by atoms with E-state index in [0.29, 0.717) is 0 Å². The maximum atomic E-state index is 12.7. The number of halogens is 1. The molecule has 1 rings (SSSR count). The lowest BCUT2D eigenvalue weighted by atomic mass is 10.1. The van der Waals surface area contributed by atoms with Crippen molar-refractivity contribution in [1.82, 2.24) is 0 Å². The van der Waals surface area contributed by atoms with E-state index in [9.17, 15) is 9.18 Å². The Kier molecular flexibility index (Phi) is 2.40. The molecule has 0 unspecified atom stereocenters. The number of rotatable bonds is 2. The van der Waals surface area contributed by atoms with Crippen molar-refractivity contribution in [2.75, 3.05) is 0 Å². The Hall–Kier alpha value is -1.42. The molecule has 1 aromatic carbocycles. The maximum Gasteiger partial charge on any atom is 0.335 e. The first-order chi connectivity index (χ1) is 5.65.